The third-order valence-corrected chi connectivity index (χ3v) is 6.49. The minimum atomic E-state index is -0.103. The smallest absolute Gasteiger partial charge is 0.251 e. The Labute approximate surface area is 209 Å². The van der Waals surface area contributed by atoms with E-state index in [9.17, 15) is 4.79 Å². The number of nitrogens with zero attached hydrogens (tertiary/aromatic N) is 5. The summed E-state index contributed by atoms with van der Waals surface area (Å²) in [5.41, 5.74) is 3.37. The van der Waals surface area contributed by atoms with E-state index in [4.69, 9.17) is 11.6 Å². The molecule has 0 spiro atoms. The largest absolute Gasteiger partial charge is 0.356 e. The summed E-state index contributed by atoms with van der Waals surface area (Å²) in [4.78, 5) is 21.9. The zero-order chi connectivity index (χ0) is 24.2. The summed E-state index contributed by atoms with van der Waals surface area (Å²) in [6, 6.07) is 17.1. The molecule has 1 saturated heterocycles. The first-order valence-corrected chi connectivity index (χ1v) is 12.1. The van der Waals surface area contributed by atoms with Crippen LogP contribution < -0.4 is 10.6 Å². The number of piperazine rings is 1. The maximum atomic E-state index is 12.8. The van der Waals surface area contributed by atoms with E-state index in [1.54, 1.807) is 29.2 Å². The molecule has 1 aliphatic rings. The Bertz CT molecular complexity index is 1310. The molecule has 0 bridgehead atoms. The van der Waals surface area contributed by atoms with Gasteiger partial charge in [-0.05, 0) is 61.6 Å². The zero-order valence-corrected chi connectivity index (χ0v) is 20.4. The first-order valence-electron chi connectivity index (χ1n) is 11.7. The quantitative estimate of drug-likeness (QED) is 0.411. The molecule has 3 heterocycles. The third-order valence-electron chi connectivity index (χ3n) is 6.24. The molecular weight excluding hydrogens is 462 g/mol. The molecule has 0 radical (unpaired) electrons. The molecule has 2 aromatic carbocycles. The van der Waals surface area contributed by atoms with Crippen LogP contribution >= 0.6 is 11.6 Å². The van der Waals surface area contributed by atoms with E-state index < -0.39 is 0 Å². The Hall–Kier alpha value is -3.46. The lowest BCUT2D eigenvalue weighted by molar-refractivity contribution is 0.0941. The van der Waals surface area contributed by atoms with Crippen molar-refractivity contribution in [2.45, 2.75) is 0 Å². The van der Waals surface area contributed by atoms with Gasteiger partial charge in [-0.3, -0.25) is 9.69 Å². The second kappa shape index (κ2) is 10.4. The van der Waals surface area contributed by atoms with Gasteiger partial charge in [0.15, 0.2) is 5.82 Å². The lowest BCUT2D eigenvalue weighted by Gasteiger charge is -2.32. The van der Waals surface area contributed by atoms with Gasteiger partial charge >= 0.3 is 0 Å². The van der Waals surface area contributed by atoms with E-state index in [1.165, 1.54) is 0 Å². The van der Waals surface area contributed by atoms with E-state index in [0.717, 1.165) is 55.0 Å². The monoisotopic (exact) mass is 489 g/mol. The molecule has 8 nitrogen and oxygen atoms in total. The number of rotatable bonds is 7. The summed E-state index contributed by atoms with van der Waals surface area (Å²) in [7, 11) is 2.14. The molecule has 0 saturated carbocycles. The number of amides is 1. The molecule has 35 heavy (non-hydrogen) atoms. The second-order valence-corrected chi connectivity index (χ2v) is 9.20. The maximum absolute atomic E-state index is 12.8. The van der Waals surface area contributed by atoms with Gasteiger partial charge in [0.05, 0.1) is 11.7 Å². The third kappa shape index (κ3) is 5.62. The molecular formula is C26H28ClN7O. The zero-order valence-electron chi connectivity index (χ0n) is 19.6. The number of carbonyl (C=O) groups excluding carboxylic acids is 1. The molecule has 0 atom stereocenters. The molecule has 4 aromatic rings. The van der Waals surface area contributed by atoms with Crippen LogP contribution in [0.1, 0.15) is 10.4 Å². The summed E-state index contributed by atoms with van der Waals surface area (Å²) in [6.07, 6.45) is 3.45. The molecule has 180 valence electrons. The van der Waals surface area contributed by atoms with Crippen LogP contribution in [0.15, 0.2) is 67.0 Å². The van der Waals surface area contributed by atoms with Gasteiger partial charge in [-0.15, -0.1) is 0 Å². The van der Waals surface area contributed by atoms with Gasteiger partial charge in [0.2, 0.25) is 0 Å². The standard InChI is InChI=1S/C26H28ClN7O/c1-32-12-14-33(15-13-32)11-10-29-26(35)19-8-9-28-25(17-19)34-24-7-6-23(16-20(24)18-30-34)31-22-4-2-21(27)3-5-22/h2-9,16-18,31H,10-15H2,1H3,(H,29,35). The number of pyridine rings is 1. The molecule has 5 rings (SSSR count). The summed E-state index contributed by atoms with van der Waals surface area (Å²) in [5.74, 6) is 0.499. The highest BCUT2D eigenvalue weighted by molar-refractivity contribution is 6.30. The van der Waals surface area contributed by atoms with Gasteiger partial charge < -0.3 is 15.5 Å². The van der Waals surface area contributed by atoms with Crippen molar-refractivity contribution in [1.29, 1.82) is 0 Å². The molecule has 0 aliphatic carbocycles. The number of nitrogens with one attached hydrogen (secondary N) is 2. The predicted octanol–water partition coefficient (Wildman–Crippen LogP) is 3.79. The Kier molecular flexibility index (Phi) is 6.94. The summed E-state index contributed by atoms with van der Waals surface area (Å²) in [6.45, 7) is 5.68. The number of halogens is 1. The number of anilines is 2. The van der Waals surface area contributed by atoms with Crippen LogP contribution in [0.3, 0.4) is 0 Å². The van der Waals surface area contributed by atoms with Crippen molar-refractivity contribution in [2.24, 2.45) is 0 Å². The van der Waals surface area contributed by atoms with E-state index in [-0.39, 0.29) is 5.91 Å². The lowest BCUT2D eigenvalue weighted by Crippen LogP contribution is -2.46. The Balaban J connectivity index is 1.25. The van der Waals surface area contributed by atoms with Crippen molar-refractivity contribution in [3.63, 3.8) is 0 Å². The molecule has 0 unspecified atom stereocenters. The number of aromatic nitrogens is 3. The van der Waals surface area contributed by atoms with Gasteiger partial charge in [0, 0.05) is 72.8 Å². The van der Waals surface area contributed by atoms with Gasteiger partial charge in [-0.2, -0.15) is 5.10 Å². The van der Waals surface area contributed by atoms with Gasteiger partial charge in [0.25, 0.3) is 5.91 Å². The predicted molar refractivity (Wildman–Crippen MR) is 140 cm³/mol. The lowest BCUT2D eigenvalue weighted by atomic mass is 10.2. The molecule has 2 aromatic heterocycles. The topological polar surface area (TPSA) is 78.3 Å². The number of carbonyl (C=O) groups is 1. The van der Waals surface area contributed by atoms with Crippen molar-refractivity contribution >= 4 is 39.8 Å². The van der Waals surface area contributed by atoms with E-state index in [0.29, 0.717) is 22.9 Å². The summed E-state index contributed by atoms with van der Waals surface area (Å²) in [5, 5.41) is 12.6. The van der Waals surface area contributed by atoms with Crippen LogP contribution in [0.4, 0.5) is 11.4 Å². The normalized spacial score (nSPS) is 14.8. The average Bonchev–Trinajstić information content (AvgIpc) is 3.30. The van der Waals surface area contributed by atoms with E-state index in [1.807, 2.05) is 42.5 Å². The van der Waals surface area contributed by atoms with Gasteiger partial charge in [0.1, 0.15) is 0 Å². The Morgan fingerprint density at radius 2 is 1.77 bits per heavy atom. The van der Waals surface area contributed by atoms with E-state index >= 15 is 0 Å². The Morgan fingerprint density at radius 1 is 1.00 bits per heavy atom. The van der Waals surface area contributed by atoms with Crippen molar-refractivity contribution in [3.8, 4) is 5.82 Å². The highest BCUT2D eigenvalue weighted by atomic mass is 35.5. The highest BCUT2D eigenvalue weighted by Crippen LogP contribution is 2.24. The highest BCUT2D eigenvalue weighted by Gasteiger charge is 2.15. The van der Waals surface area contributed by atoms with Crippen LogP contribution in [0.25, 0.3) is 16.7 Å². The fourth-order valence-corrected chi connectivity index (χ4v) is 4.30. The van der Waals surface area contributed by atoms with Gasteiger partial charge in [-0.1, -0.05) is 11.6 Å². The number of likely N-dealkylation sites (N-methyl/N-ethyl adjacent to an activating group) is 1. The van der Waals surface area contributed by atoms with Crippen LogP contribution in [0.5, 0.6) is 0 Å². The van der Waals surface area contributed by atoms with E-state index in [2.05, 4.69) is 37.6 Å². The fourth-order valence-electron chi connectivity index (χ4n) is 4.17. The first kappa shape index (κ1) is 23.3. The minimum Gasteiger partial charge on any atom is -0.356 e. The van der Waals surface area contributed by atoms with Crippen LogP contribution in [-0.2, 0) is 0 Å². The number of hydrogen-bond donors (Lipinski definition) is 2. The molecule has 9 heteroatoms. The van der Waals surface area contributed by atoms with Crippen molar-refractivity contribution in [3.05, 3.63) is 77.6 Å². The molecule has 1 fully saturated rings. The van der Waals surface area contributed by atoms with Crippen molar-refractivity contribution in [2.75, 3.05) is 51.6 Å². The number of fused-ring (bicyclic) bond motifs is 1. The van der Waals surface area contributed by atoms with Crippen LogP contribution in [0.2, 0.25) is 5.02 Å². The molecule has 1 aliphatic heterocycles. The van der Waals surface area contributed by atoms with Crippen LogP contribution in [-0.4, -0.2) is 76.8 Å². The average molecular weight is 490 g/mol. The molecule has 2 N–H and O–H groups in total. The second-order valence-electron chi connectivity index (χ2n) is 8.77. The fraction of sp³-hybridized carbons (Fsp3) is 0.269. The number of benzene rings is 2. The van der Waals surface area contributed by atoms with Crippen molar-refractivity contribution < 1.29 is 4.79 Å². The van der Waals surface area contributed by atoms with Crippen molar-refractivity contribution in [1.82, 2.24) is 29.9 Å². The summed E-state index contributed by atoms with van der Waals surface area (Å²) >= 11 is 5.97. The minimum absolute atomic E-state index is 0.103. The Morgan fingerprint density at radius 3 is 2.57 bits per heavy atom. The van der Waals surface area contributed by atoms with Gasteiger partial charge in [-0.25, -0.2) is 9.67 Å². The maximum Gasteiger partial charge on any atom is 0.251 e. The summed E-state index contributed by atoms with van der Waals surface area (Å²) < 4.78 is 1.75. The SMILES string of the molecule is CN1CCN(CCNC(=O)c2ccnc(-n3ncc4cc(Nc5ccc(Cl)cc5)ccc43)c2)CC1. The number of hydrogen-bond acceptors (Lipinski definition) is 6. The molecule has 1 amide bonds. The first-order chi connectivity index (χ1) is 17.0. The van der Waals surface area contributed by atoms with Crippen LogP contribution in [0, 0.1) is 0 Å².